The van der Waals surface area contributed by atoms with E-state index < -0.39 is 15.8 Å². The van der Waals surface area contributed by atoms with Crippen molar-refractivity contribution in [3.05, 3.63) is 58.6 Å². The molecular formula is C18H18FN5O3S2. The van der Waals surface area contributed by atoms with Crippen LogP contribution in [0.1, 0.15) is 34.1 Å². The number of aromatic amines is 1. The van der Waals surface area contributed by atoms with Crippen LogP contribution in [-0.2, 0) is 10.0 Å². The Kier molecular flexibility index (Phi) is 5.19. The second kappa shape index (κ2) is 7.65. The maximum Gasteiger partial charge on any atom is 0.277 e. The zero-order valence-corrected chi connectivity index (χ0v) is 17.1. The van der Waals surface area contributed by atoms with E-state index in [-0.39, 0.29) is 34.5 Å². The van der Waals surface area contributed by atoms with E-state index in [2.05, 4.69) is 20.5 Å². The molecule has 1 aliphatic rings. The Morgan fingerprint density at radius 1 is 1.38 bits per heavy atom. The number of hydrogen-bond acceptors (Lipinski definition) is 6. The number of halogens is 1. The van der Waals surface area contributed by atoms with Crippen molar-refractivity contribution in [3.8, 4) is 0 Å². The summed E-state index contributed by atoms with van der Waals surface area (Å²) in [6.07, 6.45) is 2.18. The van der Waals surface area contributed by atoms with Crippen molar-refractivity contribution >= 4 is 32.4 Å². The van der Waals surface area contributed by atoms with Gasteiger partial charge in [-0.05, 0) is 43.2 Å². The van der Waals surface area contributed by atoms with E-state index in [4.69, 9.17) is 0 Å². The quantitative estimate of drug-likeness (QED) is 0.641. The number of benzene rings is 1. The third-order valence-electron chi connectivity index (χ3n) is 4.84. The van der Waals surface area contributed by atoms with Crippen LogP contribution in [0.4, 0.5) is 9.52 Å². The average molecular weight is 436 g/mol. The summed E-state index contributed by atoms with van der Waals surface area (Å²) in [5.74, 6) is -0.934. The molecule has 0 unspecified atom stereocenters. The molecule has 1 saturated heterocycles. The highest BCUT2D eigenvalue weighted by Gasteiger charge is 2.34. The van der Waals surface area contributed by atoms with Crippen LogP contribution in [0.2, 0.25) is 0 Å². The van der Waals surface area contributed by atoms with Crippen LogP contribution in [0.15, 0.2) is 40.7 Å². The molecule has 0 saturated carbocycles. The maximum absolute atomic E-state index is 13.5. The fraction of sp³-hybridized carbons (Fsp3) is 0.278. The lowest BCUT2D eigenvalue weighted by Crippen LogP contribution is -2.28. The molecule has 0 aliphatic carbocycles. The Bertz CT molecular complexity index is 1140. The first kappa shape index (κ1) is 19.7. The van der Waals surface area contributed by atoms with Gasteiger partial charge in [-0.1, -0.05) is 0 Å². The van der Waals surface area contributed by atoms with Gasteiger partial charge in [0.05, 0.1) is 4.90 Å². The lowest BCUT2D eigenvalue weighted by molar-refractivity contribution is 0.102. The number of amides is 1. The lowest BCUT2D eigenvalue weighted by Gasteiger charge is -2.16. The molecule has 3 aromatic rings. The van der Waals surface area contributed by atoms with Gasteiger partial charge < -0.3 is 0 Å². The summed E-state index contributed by atoms with van der Waals surface area (Å²) < 4.78 is 40.6. The molecule has 1 fully saturated rings. The first-order chi connectivity index (χ1) is 13.8. The summed E-state index contributed by atoms with van der Waals surface area (Å²) in [6, 6.07) is 5.42. The molecule has 2 N–H and O–H groups in total. The van der Waals surface area contributed by atoms with Crippen LogP contribution < -0.4 is 5.32 Å². The molecule has 8 nitrogen and oxygen atoms in total. The molecular weight excluding hydrogens is 417 g/mol. The molecule has 152 valence electrons. The lowest BCUT2D eigenvalue weighted by atomic mass is 10.1. The van der Waals surface area contributed by atoms with E-state index in [9.17, 15) is 17.6 Å². The fourth-order valence-electron chi connectivity index (χ4n) is 3.24. The van der Waals surface area contributed by atoms with Gasteiger partial charge >= 0.3 is 0 Å². The van der Waals surface area contributed by atoms with Crippen molar-refractivity contribution < 1.29 is 17.6 Å². The molecule has 0 spiro atoms. The summed E-state index contributed by atoms with van der Waals surface area (Å²) in [4.78, 5) is 16.3. The third-order valence-corrected chi connectivity index (χ3v) is 7.39. The third kappa shape index (κ3) is 3.93. The normalized spacial score (nSPS) is 17.5. The van der Waals surface area contributed by atoms with Crippen molar-refractivity contribution in [1.82, 2.24) is 19.5 Å². The minimum absolute atomic E-state index is 0.0742. The van der Waals surface area contributed by atoms with Gasteiger partial charge in [0.1, 0.15) is 5.82 Å². The van der Waals surface area contributed by atoms with E-state index >= 15 is 0 Å². The summed E-state index contributed by atoms with van der Waals surface area (Å²) in [7, 11) is -3.72. The summed E-state index contributed by atoms with van der Waals surface area (Å²) in [5.41, 5.74) is 1.19. The molecule has 11 heteroatoms. The van der Waals surface area contributed by atoms with Gasteiger partial charge in [0.25, 0.3) is 5.91 Å². The van der Waals surface area contributed by atoms with Crippen LogP contribution in [0.25, 0.3) is 0 Å². The minimum atomic E-state index is -3.72. The predicted octanol–water partition coefficient (Wildman–Crippen LogP) is 2.74. The zero-order chi connectivity index (χ0) is 20.6. The van der Waals surface area contributed by atoms with Crippen molar-refractivity contribution in [3.63, 3.8) is 0 Å². The molecule has 1 atom stereocenters. The van der Waals surface area contributed by atoms with E-state index in [1.165, 1.54) is 34.7 Å². The SMILES string of the molecule is Cc1cc(S(=O)(=O)N2CC[C@H](c3cc(C(=O)Nc4nccs4)n[nH]3)C2)ccc1F. The smallest absolute Gasteiger partial charge is 0.277 e. The molecule has 2 aromatic heterocycles. The van der Waals surface area contributed by atoms with Gasteiger partial charge in [0, 0.05) is 36.3 Å². The number of thiazole rings is 1. The van der Waals surface area contributed by atoms with Crippen molar-refractivity contribution in [2.24, 2.45) is 0 Å². The van der Waals surface area contributed by atoms with Gasteiger partial charge in [0.2, 0.25) is 10.0 Å². The minimum Gasteiger partial charge on any atom is -0.296 e. The Morgan fingerprint density at radius 3 is 2.93 bits per heavy atom. The van der Waals surface area contributed by atoms with Gasteiger partial charge in [0.15, 0.2) is 10.8 Å². The highest BCUT2D eigenvalue weighted by Crippen LogP contribution is 2.31. The van der Waals surface area contributed by atoms with Crippen LogP contribution in [-0.4, -0.2) is 46.9 Å². The van der Waals surface area contributed by atoms with Crippen LogP contribution >= 0.6 is 11.3 Å². The summed E-state index contributed by atoms with van der Waals surface area (Å²) in [6.45, 7) is 2.13. The molecule has 29 heavy (non-hydrogen) atoms. The number of anilines is 1. The molecule has 0 bridgehead atoms. The predicted molar refractivity (Wildman–Crippen MR) is 106 cm³/mol. The molecule has 4 rings (SSSR count). The van der Waals surface area contributed by atoms with Crippen LogP contribution in [0, 0.1) is 12.7 Å². The van der Waals surface area contributed by atoms with E-state index in [1.54, 1.807) is 17.6 Å². The number of nitrogens with one attached hydrogen (secondary N) is 2. The second-order valence-electron chi connectivity index (χ2n) is 6.76. The summed E-state index contributed by atoms with van der Waals surface area (Å²) in [5, 5.41) is 11.8. The van der Waals surface area contributed by atoms with Crippen molar-refractivity contribution in [1.29, 1.82) is 0 Å². The van der Waals surface area contributed by atoms with E-state index in [0.717, 1.165) is 6.07 Å². The molecule has 1 aliphatic heterocycles. The highest BCUT2D eigenvalue weighted by molar-refractivity contribution is 7.89. The number of aromatic nitrogens is 3. The molecule has 1 aromatic carbocycles. The number of carbonyl (C=O) groups excluding carboxylic acids is 1. The molecule has 0 radical (unpaired) electrons. The Labute approximate surface area is 170 Å². The van der Waals surface area contributed by atoms with Gasteiger partial charge in [-0.2, -0.15) is 9.40 Å². The van der Waals surface area contributed by atoms with Crippen molar-refractivity contribution in [2.45, 2.75) is 24.2 Å². The highest BCUT2D eigenvalue weighted by atomic mass is 32.2. The second-order valence-corrected chi connectivity index (χ2v) is 9.59. The topological polar surface area (TPSA) is 108 Å². The van der Waals surface area contributed by atoms with Crippen LogP contribution in [0.3, 0.4) is 0 Å². The monoisotopic (exact) mass is 435 g/mol. The Hall–Kier alpha value is -2.63. The molecule has 3 heterocycles. The maximum atomic E-state index is 13.5. The zero-order valence-electron chi connectivity index (χ0n) is 15.4. The number of nitrogens with zero attached hydrogens (tertiary/aromatic N) is 3. The first-order valence-corrected chi connectivity index (χ1v) is 11.2. The standard InChI is InChI=1S/C18H18FN5O3S2/c1-11-8-13(2-3-14(11)19)29(26,27)24-6-4-12(10-24)15-9-16(23-22-15)17(25)21-18-20-5-7-28-18/h2-3,5,7-9,12H,4,6,10H2,1H3,(H,22,23)(H,20,21,25)/t12-/m0/s1. The Morgan fingerprint density at radius 2 is 2.21 bits per heavy atom. The number of sulfonamides is 1. The van der Waals surface area contributed by atoms with Gasteiger partial charge in [-0.25, -0.2) is 17.8 Å². The largest absolute Gasteiger partial charge is 0.296 e. The summed E-state index contributed by atoms with van der Waals surface area (Å²) >= 11 is 1.30. The first-order valence-electron chi connectivity index (χ1n) is 8.87. The van der Waals surface area contributed by atoms with Crippen LogP contribution in [0.5, 0.6) is 0 Å². The van der Waals surface area contributed by atoms with Crippen molar-refractivity contribution in [2.75, 3.05) is 18.4 Å². The van der Waals surface area contributed by atoms with Gasteiger partial charge in [-0.3, -0.25) is 15.2 Å². The fourth-order valence-corrected chi connectivity index (χ4v) is 5.35. The Balaban J connectivity index is 1.46. The number of rotatable bonds is 5. The number of hydrogen-bond donors (Lipinski definition) is 2. The average Bonchev–Trinajstić information content (AvgIpc) is 3.44. The van der Waals surface area contributed by atoms with E-state index in [1.807, 2.05) is 0 Å². The van der Waals surface area contributed by atoms with Gasteiger partial charge in [-0.15, -0.1) is 11.3 Å². The number of aryl methyl sites for hydroxylation is 1. The number of H-pyrrole nitrogens is 1. The van der Waals surface area contributed by atoms with E-state index in [0.29, 0.717) is 23.8 Å². The number of carbonyl (C=O) groups is 1. The molecule has 1 amide bonds.